The predicted molar refractivity (Wildman–Crippen MR) is 45.3 cm³/mol. The Labute approximate surface area is 85.0 Å². The Morgan fingerprint density at radius 1 is 0.818 bits per heavy atom. The van der Waals surface area contributed by atoms with Gasteiger partial charge in [0.2, 0.25) is 0 Å². The van der Waals surface area contributed by atoms with E-state index in [4.69, 9.17) is 0 Å². The van der Waals surface area contributed by atoms with Gasteiger partial charge in [0, 0.05) is 0 Å². The van der Waals surface area contributed by atoms with Crippen LogP contribution >= 0.6 is 0 Å². The zero-order chi connectivity index (χ0) is 7.98. The van der Waals surface area contributed by atoms with E-state index in [-0.39, 0.29) is 21.1 Å². The molecule has 1 heteroatoms. The number of hydrogen-bond acceptors (Lipinski definition) is 0. The van der Waals surface area contributed by atoms with Crippen molar-refractivity contribution in [1.29, 1.82) is 0 Å². The van der Waals surface area contributed by atoms with Crippen LogP contribution < -0.4 is 0 Å². The van der Waals surface area contributed by atoms with E-state index in [2.05, 4.69) is 39.8 Å². The maximum Gasteiger partial charge on any atom is 2.00 e. The van der Waals surface area contributed by atoms with Crippen LogP contribution in [0.3, 0.4) is 0 Å². The summed E-state index contributed by atoms with van der Waals surface area (Å²) >= 11 is 0. The van der Waals surface area contributed by atoms with Gasteiger partial charge in [0.05, 0.1) is 0 Å². The molecule has 0 amide bonds. The number of rotatable bonds is 3. The van der Waals surface area contributed by atoms with Gasteiger partial charge in [0.15, 0.2) is 0 Å². The van der Waals surface area contributed by atoms with Gasteiger partial charge in [0.1, 0.15) is 0 Å². The van der Waals surface area contributed by atoms with Gasteiger partial charge in [-0.15, -0.1) is 11.8 Å². The fraction of sp³-hybridized carbons (Fsp3) is 0.600. The molecule has 11 heavy (non-hydrogen) atoms. The standard InChI is InChI=1S/C10H16.W/c1-9(2)7-5-6-8-10(3)4;/h5-6,9-10H,1-4H3;/q-2;+2. The molecule has 0 N–H and O–H groups in total. The minimum atomic E-state index is 0. The molecule has 0 saturated carbocycles. The molecule has 0 aliphatic heterocycles. The fourth-order valence-corrected chi connectivity index (χ4v) is 0.481. The smallest absolute Gasteiger partial charge is 0.390 e. The van der Waals surface area contributed by atoms with Gasteiger partial charge >= 0.3 is 21.1 Å². The third-order valence-corrected chi connectivity index (χ3v) is 0.942. The molecule has 0 heterocycles. The van der Waals surface area contributed by atoms with E-state index >= 15 is 0 Å². The van der Waals surface area contributed by atoms with Crippen LogP contribution in [0.1, 0.15) is 27.7 Å². The molecule has 0 aromatic carbocycles. The SMILES string of the molecule is CC(C)[C-]=CC=[C-]C(C)C.[W+2]. The van der Waals surface area contributed by atoms with Crippen molar-refractivity contribution in [2.45, 2.75) is 27.7 Å². The Morgan fingerprint density at radius 3 is 1.27 bits per heavy atom. The molecule has 0 aliphatic carbocycles. The first-order valence-corrected chi connectivity index (χ1v) is 3.80. The second kappa shape index (κ2) is 8.27. The minimum Gasteiger partial charge on any atom is -0.390 e. The monoisotopic (exact) mass is 320 g/mol. The molecule has 62 valence electrons. The Morgan fingerprint density at radius 2 is 1.09 bits per heavy atom. The van der Waals surface area contributed by atoms with Crippen molar-refractivity contribution in [3.8, 4) is 0 Å². The topological polar surface area (TPSA) is 0 Å². The van der Waals surface area contributed by atoms with Crippen LogP contribution in [0.15, 0.2) is 12.2 Å². The van der Waals surface area contributed by atoms with Crippen molar-refractivity contribution >= 4 is 0 Å². The van der Waals surface area contributed by atoms with E-state index in [9.17, 15) is 0 Å². The summed E-state index contributed by atoms with van der Waals surface area (Å²) in [7, 11) is 0. The maximum atomic E-state index is 3.16. The van der Waals surface area contributed by atoms with Gasteiger partial charge in [0.25, 0.3) is 0 Å². The molecule has 0 spiro atoms. The molecule has 0 rings (SSSR count). The van der Waals surface area contributed by atoms with Crippen molar-refractivity contribution < 1.29 is 21.1 Å². The molecule has 0 aromatic rings. The summed E-state index contributed by atoms with van der Waals surface area (Å²) in [4.78, 5) is 0. The van der Waals surface area contributed by atoms with Crippen LogP contribution in [0.4, 0.5) is 0 Å². The normalized spacial score (nSPS) is 11.8. The third kappa shape index (κ3) is 13.2. The second-order valence-corrected chi connectivity index (χ2v) is 2.98. The molecule has 0 atom stereocenters. The van der Waals surface area contributed by atoms with Gasteiger partial charge in [-0.3, -0.25) is 0 Å². The molecule has 0 bridgehead atoms. The minimum absolute atomic E-state index is 0. The van der Waals surface area contributed by atoms with Crippen molar-refractivity contribution in [3.05, 3.63) is 24.3 Å². The summed E-state index contributed by atoms with van der Waals surface area (Å²) in [6.45, 7) is 8.44. The average molecular weight is 320 g/mol. The summed E-state index contributed by atoms with van der Waals surface area (Å²) in [5.74, 6) is 1.04. The first kappa shape index (κ1) is 13.7. The summed E-state index contributed by atoms with van der Waals surface area (Å²) in [6, 6.07) is 0. The maximum absolute atomic E-state index is 3.16. The first-order chi connectivity index (χ1) is 4.63. The number of allylic oxidation sites excluding steroid dienone is 4. The quantitative estimate of drug-likeness (QED) is 0.554. The van der Waals surface area contributed by atoms with Gasteiger partial charge in [-0.25, -0.2) is 0 Å². The van der Waals surface area contributed by atoms with Crippen LogP contribution in [-0.4, -0.2) is 0 Å². The van der Waals surface area contributed by atoms with E-state index in [1.54, 1.807) is 0 Å². The summed E-state index contributed by atoms with van der Waals surface area (Å²) < 4.78 is 0. The van der Waals surface area contributed by atoms with E-state index in [0.717, 1.165) is 0 Å². The van der Waals surface area contributed by atoms with Gasteiger partial charge in [-0.2, -0.15) is 0 Å². The molecule has 0 aliphatic rings. The molecule has 0 radical (unpaired) electrons. The zero-order valence-corrected chi connectivity index (χ0v) is 10.7. The van der Waals surface area contributed by atoms with E-state index < -0.39 is 0 Å². The van der Waals surface area contributed by atoms with Gasteiger partial charge in [-0.1, -0.05) is 27.7 Å². The molecule has 0 unspecified atom stereocenters. The van der Waals surface area contributed by atoms with Crippen molar-refractivity contribution in [2.75, 3.05) is 0 Å². The predicted octanol–water partition coefficient (Wildman–Crippen LogP) is 3.01. The molecule has 0 aromatic heterocycles. The van der Waals surface area contributed by atoms with E-state index in [0.29, 0.717) is 11.8 Å². The summed E-state index contributed by atoms with van der Waals surface area (Å²) in [5.41, 5.74) is 0. The molecule has 0 saturated heterocycles. The largest absolute Gasteiger partial charge is 2.00 e. The Balaban J connectivity index is 0. The Hall–Kier alpha value is 0.168. The van der Waals surface area contributed by atoms with Crippen LogP contribution in [0.25, 0.3) is 0 Å². The third-order valence-electron chi connectivity index (χ3n) is 0.942. The zero-order valence-electron chi connectivity index (χ0n) is 7.72. The van der Waals surface area contributed by atoms with Crippen molar-refractivity contribution in [1.82, 2.24) is 0 Å². The van der Waals surface area contributed by atoms with Gasteiger partial charge in [-0.05, 0) is 0 Å². The Bertz CT molecular complexity index is 105. The fourth-order valence-electron chi connectivity index (χ4n) is 0.481. The Kier molecular flexibility index (Phi) is 10.3. The summed E-state index contributed by atoms with van der Waals surface area (Å²) in [5, 5.41) is 0. The number of hydrogen-bond donors (Lipinski definition) is 0. The molecular weight excluding hydrogens is 304 g/mol. The first-order valence-electron chi connectivity index (χ1n) is 3.80. The van der Waals surface area contributed by atoms with Crippen molar-refractivity contribution in [3.63, 3.8) is 0 Å². The molecular formula is C10H16W. The van der Waals surface area contributed by atoms with E-state index in [1.807, 2.05) is 12.2 Å². The van der Waals surface area contributed by atoms with Crippen molar-refractivity contribution in [2.24, 2.45) is 11.8 Å². The molecule has 0 nitrogen and oxygen atoms in total. The van der Waals surface area contributed by atoms with Crippen LogP contribution in [0.5, 0.6) is 0 Å². The summed E-state index contributed by atoms with van der Waals surface area (Å²) in [6.07, 6.45) is 10.2. The average Bonchev–Trinajstić information content (AvgIpc) is 1.79. The van der Waals surface area contributed by atoms with Crippen LogP contribution in [0, 0.1) is 24.0 Å². The van der Waals surface area contributed by atoms with Gasteiger partial charge < -0.3 is 24.3 Å². The molecule has 0 fully saturated rings. The van der Waals surface area contributed by atoms with Crippen LogP contribution in [0.2, 0.25) is 0 Å². The van der Waals surface area contributed by atoms with E-state index in [1.165, 1.54) is 0 Å². The second-order valence-electron chi connectivity index (χ2n) is 2.98. The van der Waals surface area contributed by atoms with Crippen LogP contribution in [-0.2, 0) is 21.1 Å².